The van der Waals surface area contributed by atoms with Crippen LogP contribution < -0.4 is 10.5 Å². The van der Waals surface area contributed by atoms with Gasteiger partial charge >= 0.3 is 0 Å². The predicted octanol–water partition coefficient (Wildman–Crippen LogP) is 4.58. The molecule has 4 aromatic rings. The lowest BCUT2D eigenvalue weighted by atomic mass is 10.1. The van der Waals surface area contributed by atoms with Crippen molar-refractivity contribution in [1.82, 2.24) is 14.5 Å². The zero-order valence-corrected chi connectivity index (χ0v) is 18.2. The Hall–Kier alpha value is -2.80. The SMILES string of the molecule is O=c1cc(-c2c[nH]c3ncc(N4CCOCC4)cc23)ccn1Cc1ccc(Cl)cc1Cl. The Morgan fingerprint density at radius 1 is 1.10 bits per heavy atom. The summed E-state index contributed by atoms with van der Waals surface area (Å²) in [5.41, 5.74) is 4.39. The largest absolute Gasteiger partial charge is 0.378 e. The second-order valence-electron chi connectivity index (χ2n) is 7.51. The van der Waals surface area contributed by atoms with Crippen molar-refractivity contribution in [2.45, 2.75) is 6.54 Å². The van der Waals surface area contributed by atoms with Gasteiger partial charge in [0.1, 0.15) is 5.65 Å². The fourth-order valence-corrected chi connectivity index (χ4v) is 4.33. The molecule has 6 nitrogen and oxygen atoms in total. The Bertz CT molecular complexity index is 1310. The minimum Gasteiger partial charge on any atom is -0.378 e. The number of anilines is 1. The summed E-state index contributed by atoms with van der Waals surface area (Å²) < 4.78 is 7.08. The number of benzene rings is 1. The van der Waals surface area contributed by atoms with Crippen LogP contribution in [0, 0.1) is 0 Å². The van der Waals surface area contributed by atoms with Crippen LogP contribution in [0.4, 0.5) is 5.69 Å². The Morgan fingerprint density at radius 3 is 2.71 bits per heavy atom. The van der Waals surface area contributed by atoms with E-state index in [2.05, 4.69) is 20.9 Å². The summed E-state index contributed by atoms with van der Waals surface area (Å²) in [6.07, 6.45) is 5.57. The van der Waals surface area contributed by atoms with Crippen LogP contribution in [0.5, 0.6) is 0 Å². The molecule has 0 unspecified atom stereocenters. The van der Waals surface area contributed by atoms with Crippen molar-refractivity contribution in [2.24, 2.45) is 0 Å². The average Bonchev–Trinajstić information content (AvgIpc) is 3.21. The van der Waals surface area contributed by atoms with E-state index in [1.54, 1.807) is 29.0 Å². The highest BCUT2D eigenvalue weighted by atomic mass is 35.5. The molecule has 31 heavy (non-hydrogen) atoms. The van der Waals surface area contributed by atoms with Crippen LogP contribution >= 0.6 is 23.2 Å². The number of H-pyrrole nitrogens is 1. The lowest BCUT2D eigenvalue weighted by Gasteiger charge is -2.28. The van der Waals surface area contributed by atoms with Gasteiger partial charge in [0.2, 0.25) is 0 Å². The number of rotatable bonds is 4. The first-order valence-corrected chi connectivity index (χ1v) is 10.8. The first-order valence-electron chi connectivity index (χ1n) is 10.0. The summed E-state index contributed by atoms with van der Waals surface area (Å²) in [6.45, 7) is 3.50. The Balaban J connectivity index is 1.47. The number of hydrogen-bond acceptors (Lipinski definition) is 4. The van der Waals surface area contributed by atoms with Gasteiger partial charge in [0.15, 0.2) is 0 Å². The molecule has 0 saturated carbocycles. The zero-order valence-electron chi connectivity index (χ0n) is 16.6. The number of halogens is 2. The molecule has 4 heterocycles. The highest BCUT2D eigenvalue weighted by Crippen LogP contribution is 2.30. The van der Waals surface area contributed by atoms with Gasteiger partial charge < -0.3 is 19.2 Å². The van der Waals surface area contributed by atoms with Crippen LogP contribution in [-0.4, -0.2) is 40.8 Å². The number of fused-ring (bicyclic) bond motifs is 1. The van der Waals surface area contributed by atoms with Gasteiger partial charge in [-0.15, -0.1) is 0 Å². The molecule has 3 aromatic heterocycles. The van der Waals surface area contributed by atoms with E-state index in [-0.39, 0.29) is 5.56 Å². The predicted molar refractivity (Wildman–Crippen MR) is 124 cm³/mol. The summed E-state index contributed by atoms with van der Waals surface area (Å²) in [7, 11) is 0. The minimum absolute atomic E-state index is 0.102. The first kappa shape index (κ1) is 20.1. The molecule has 0 atom stereocenters. The molecular weight excluding hydrogens is 435 g/mol. The maximum absolute atomic E-state index is 12.8. The van der Waals surface area contributed by atoms with Crippen LogP contribution in [0.25, 0.3) is 22.2 Å². The third kappa shape index (κ3) is 4.06. The van der Waals surface area contributed by atoms with Crippen molar-refractivity contribution >= 4 is 39.9 Å². The molecule has 1 aromatic carbocycles. The summed E-state index contributed by atoms with van der Waals surface area (Å²) in [6, 6.07) is 11.0. The van der Waals surface area contributed by atoms with Gasteiger partial charge in [-0.3, -0.25) is 4.79 Å². The molecule has 1 saturated heterocycles. The number of aromatic amines is 1. The standard InChI is InChI=1S/C23H20Cl2N4O2/c24-17-2-1-16(21(25)10-17)14-29-4-3-15(9-22(29)30)20-13-27-23-19(20)11-18(12-26-23)28-5-7-31-8-6-28/h1-4,9-13H,5-8,14H2,(H,26,27). The summed E-state index contributed by atoms with van der Waals surface area (Å²) >= 11 is 12.2. The smallest absolute Gasteiger partial charge is 0.251 e. The van der Waals surface area contributed by atoms with Gasteiger partial charge in [-0.25, -0.2) is 4.98 Å². The third-order valence-electron chi connectivity index (χ3n) is 5.56. The second-order valence-corrected chi connectivity index (χ2v) is 8.35. The molecule has 158 valence electrons. The monoisotopic (exact) mass is 454 g/mol. The first-order chi connectivity index (χ1) is 15.1. The highest BCUT2D eigenvalue weighted by molar-refractivity contribution is 6.35. The molecule has 0 amide bonds. The topological polar surface area (TPSA) is 63.1 Å². The number of nitrogens with zero attached hydrogens (tertiary/aromatic N) is 3. The molecular formula is C23H20Cl2N4O2. The fourth-order valence-electron chi connectivity index (χ4n) is 3.87. The van der Waals surface area contributed by atoms with E-state index in [4.69, 9.17) is 27.9 Å². The van der Waals surface area contributed by atoms with E-state index in [1.165, 1.54) is 0 Å². The van der Waals surface area contributed by atoms with Crippen molar-refractivity contribution in [1.29, 1.82) is 0 Å². The molecule has 1 N–H and O–H groups in total. The van der Waals surface area contributed by atoms with Gasteiger partial charge in [-0.05, 0) is 35.4 Å². The summed E-state index contributed by atoms with van der Waals surface area (Å²) in [5.74, 6) is 0. The average molecular weight is 455 g/mol. The number of aromatic nitrogens is 3. The van der Waals surface area contributed by atoms with Crippen LogP contribution in [0.1, 0.15) is 5.56 Å². The lowest BCUT2D eigenvalue weighted by Crippen LogP contribution is -2.36. The van der Waals surface area contributed by atoms with Crippen LogP contribution in [0.3, 0.4) is 0 Å². The number of ether oxygens (including phenoxy) is 1. The molecule has 0 spiro atoms. The lowest BCUT2D eigenvalue weighted by molar-refractivity contribution is 0.122. The van der Waals surface area contributed by atoms with Crippen molar-refractivity contribution < 1.29 is 4.74 Å². The van der Waals surface area contributed by atoms with Crippen LogP contribution in [0.15, 0.2) is 59.8 Å². The Kier molecular flexibility index (Phi) is 5.44. The minimum atomic E-state index is -0.102. The Morgan fingerprint density at radius 2 is 1.94 bits per heavy atom. The van der Waals surface area contributed by atoms with Crippen molar-refractivity contribution in [3.05, 3.63) is 81.0 Å². The number of morpholine rings is 1. The van der Waals surface area contributed by atoms with Crippen molar-refractivity contribution in [2.75, 3.05) is 31.2 Å². The molecule has 8 heteroatoms. The van der Waals surface area contributed by atoms with Crippen LogP contribution in [0.2, 0.25) is 10.0 Å². The summed E-state index contributed by atoms with van der Waals surface area (Å²) in [4.78, 5) is 22.9. The Labute approximate surface area is 189 Å². The van der Waals surface area contributed by atoms with Gasteiger partial charge in [0.05, 0.1) is 31.6 Å². The van der Waals surface area contributed by atoms with E-state index < -0.39 is 0 Å². The number of hydrogen-bond donors (Lipinski definition) is 1. The third-order valence-corrected chi connectivity index (χ3v) is 6.14. The van der Waals surface area contributed by atoms with E-state index in [1.807, 2.05) is 24.5 Å². The fraction of sp³-hybridized carbons (Fsp3) is 0.217. The number of nitrogens with one attached hydrogen (secondary N) is 1. The molecule has 0 bridgehead atoms. The quantitative estimate of drug-likeness (QED) is 0.489. The highest BCUT2D eigenvalue weighted by Gasteiger charge is 2.15. The van der Waals surface area contributed by atoms with E-state index in [9.17, 15) is 4.79 Å². The molecule has 0 radical (unpaired) electrons. The van der Waals surface area contributed by atoms with E-state index in [0.29, 0.717) is 29.8 Å². The van der Waals surface area contributed by atoms with Crippen molar-refractivity contribution in [3.63, 3.8) is 0 Å². The maximum atomic E-state index is 12.8. The van der Waals surface area contributed by atoms with Gasteiger partial charge in [-0.1, -0.05) is 29.3 Å². The number of pyridine rings is 2. The maximum Gasteiger partial charge on any atom is 0.251 e. The van der Waals surface area contributed by atoms with E-state index >= 15 is 0 Å². The van der Waals surface area contributed by atoms with Gasteiger partial charge in [0, 0.05) is 52.5 Å². The molecule has 5 rings (SSSR count). The van der Waals surface area contributed by atoms with Gasteiger partial charge in [-0.2, -0.15) is 0 Å². The molecule has 1 fully saturated rings. The summed E-state index contributed by atoms with van der Waals surface area (Å²) in [5, 5.41) is 2.10. The van der Waals surface area contributed by atoms with E-state index in [0.717, 1.165) is 46.5 Å². The molecule has 1 aliphatic heterocycles. The second kappa shape index (κ2) is 8.38. The molecule has 1 aliphatic rings. The molecule has 0 aliphatic carbocycles. The van der Waals surface area contributed by atoms with Gasteiger partial charge in [0.25, 0.3) is 5.56 Å². The van der Waals surface area contributed by atoms with Crippen molar-refractivity contribution in [3.8, 4) is 11.1 Å². The zero-order chi connectivity index (χ0) is 21.4. The normalized spacial score (nSPS) is 14.3. The van der Waals surface area contributed by atoms with Crippen LogP contribution in [-0.2, 0) is 11.3 Å².